The molecule has 0 saturated carbocycles. The van der Waals surface area contributed by atoms with Crippen molar-refractivity contribution < 1.29 is 23.7 Å². The zero-order valence-electron chi connectivity index (χ0n) is 22.2. The maximum atomic E-state index is 14.0. The number of rotatable bonds is 9. The predicted octanol–water partition coefficient (Wildman–Crippen LogP) is 5.13. The van der Waals surface area contributed by atoms with E-state index in [1.54, 1.807) is 51.0 Å². The Balaban J connectivity index is 2.04. The van der Waals surface area contributed by atoms with Gasteiger partial charge in [0.05, 0.1) is 48.2 Å². The maximum Gasteiger partial charge on any atom is 0.338 e. The van der Waals surface area contributed by atoms with Crippen LogP contribution in [0.15, 0.2) is 60.3 Å². The monoisotopic (exact) mass is 678 g/mol. The van der Waals surface area contributed by atoms with Crippen LogP contribution in [0.2, 0.25) is 0 Å². The van der Waals surface area contributed by atoms with Gasteiger partial charge in [-0.25, -0.2) is 9.79 Å². The Hall–Kier alpha value is -2.89. The molecule has 0 amide bonds. The zero-order chi connectivity index (χ0) is 28.3. The van der Waals surface area contributed by atoms with Crippen molar-refractivity contribution in [3.05, 3.63) is 81.4 Å². The van der Waals surface area contributed by atoms with E-state index < -0.39 is 12.0 Å². The highest BCUT2D eigenvalue weighted by atomic mass is 79.9. The fraction of sp³-hybridized carbons (Fsp3) is 0.321. The van der Waals surface area contributed by atoms with Crippen molar-refractivity contribution >= 4 is 55.2 Å². The van der Waals surface area contributed by atoms with Crippen LogP contribution in [0.3, 0.4) is 0 Å². The van der Waals surface area contributed by atoms with Crippen LogP contribution in [-0.2, 0) is 9.53 Å². The summed E-state index contributed by atoms with van der Waals surface area (Å²) in [4.78, 5) is 32.7. The molecule has 39 heavy (non-hydrogen) atoms. The summed E-state index contributed by atoms with van der Waals surface area (Å²) in [5.41, 5.74) is 2.04. The summed E-state index contributed by atoms with van der Waals surface area (Å²) in [6.07, 6.45) is 3.09. The number of nitrogens with zero attached hydrogens (tertiary/aromatic N) is 2. The van der Waals surface area contributed by atoms with Crippen LogP contribution < -0.4 is 29.1 Å². The third kappa shape index (κ3) is 5.71. The molecule has 0 aliphatic carbocycles. The Morgan fingerprint density at radius 1 is 1.08 bits per heavy atom. The molecule has 2 heterocycles. The van der Waals surface area contributed by atoms with E-state index in [-0.39, 0.29) is 12.2 Å². The number of hydrogen-bond donors (Lipinski definition) is 0. The summed E-state index contributed by atoms with van der Waals surface area (Å²) in [6, 6.07) is 8.37. The van der Waals surface area contributed by atoms with Gasteiger partial charge in [0.25, 0.3) is 5.56 Å². The van der Waals surface area contributed by atoms with Crippen molar-refractivity contribution in [1.29, 1.82) is 0 Å². The molecular formula is C28H28Br2N2O6S. The Morgan fingerprint density at radius 2 is 1.82 bits per heavy atom. The van der Waals surface area contributed by atoms with Gasteiger partial charge in [-0.2, -0.15) is 0 Å². The van der Waals surface area contributed by atoms with Gasteiger partial charge in [0.2, 0.25) is 0 Å². The average Bonchev–Trinajstić information content (AvgIpc) is 3.22. The number of ether oxygens (including phenoxy) is 4. The number of benzene rings is 2. The molecule has 8 nitrogen and oxygen atoms in total. The summed E-state index contributed by atoms with van der Waals surface area (Å²) in [5.74, 6) is 1.12. The number of halogens is 2. The molecule has 11 heteroatoms. The van der Waals surface area contributed by atoms with Gasteiger partial charge in [-0.15, -0.1) is 0 Å². The van der Waals surface area contributed by atoms with Gasteiger partial charge in [0, 0.05) is 10.0 Å². The van der Waals surface area contributed by atoms with E-state index in [4.69, 9.17) is 23.9 Å². The van der Waals surface area contributed by atoms with Crippen LogP contribution in [0.25, 0.3) is 6.08 Å². The van der Waals surface area contributed by atoms with Gasteiger partial charge < -0.3 is 18.9 Å². The lowest BCUT2D eigenvalue weighted by atomic mass is 9.93. The normalized spacial score (nSPS) is 15.1. The van der Waals surface area contributed by atoms with E-state index in [1.165, 1.54) is 11.3 Å². The van der Waals surface area contributed by atoms with Gasteiger partial charge in [-0.3, -0.25) is 9.36 Å². The number of allylic oxidation sites excluding steroid dienone is 1. The summed E-state index contributed by atoms with van der Waals surface area (Å²) in [7, 11) is 4.68. The Morgan fingerprint density at radius 3 is 2.46 bits per heavy atom. The molecule has 0 bridgehead atoms. The number of methoxy groups -OCH3 is 3. The first kappa shape index (κ1) is 29.1. The molecule has 0 saturated heterocycles. The van der Waals surface area contributed by atoms with Crippen LogP contribution in [0.1, 0.15) is 43.9 Å². The first-order valence-electron chi connectivity index (χ1n) is 12.2. The summed E-state index contributed by atoms with van der Waals surface area (Å²) in [5, 5.41) is 0. The predicted molar refractivity (Wildman–Crippen MR) is 158 cm³/mol. The number of carbonyl (C=O) groups is 1. The van der Waals surface area contributed by atoms with Gasteiger partial charge in [-0.1, -0.05) is 40.6 Å². The van der Waals surface area contributed by atoms with Crippen molar-refractivity contribution in [3.63, 3.8) is 0 Å². The average molecular weight is 680 g/mol. The van der Waals surface area contributed by atoms with E-state index in [1.807, 2.05) is 25.1 Å². The van der Waals surface area contributed by atoms with Gasteiger partial charge >= 0.3 is 5.97 Å². The molecule has 3 aromatic rings. The summed E-state index contributed by atoms with van der Waals surface area (Å²) >= 11 is 8.31. The van der Waals surface area contributed by atoms with Crippen molar-refractivity contribution in [2.45, 2.75) is 32.7 Å². The highest BCUT2D eigenvalue weighted by Gasteiger charge is 2.36. The molecule has 0 spiro atoms. The molecule has 206 valence electrons. The lowest BCUT2D eigenvalue weighted by Crippen LogP contribution is -2.40. The number of carbonyl (C=O) groups excluding carboxylic acids is 1. The smallest absolute Gasteiger partial charge is 0.338 e. The van der Waals surface area contributed by atoms with Crippen LogP contribution in [0.4, 0.5) is 0 Å². The largest absolute Gasteiger partial charge is 0.496 e. The molecule has 1 aliphatic rings. The Bertz CT molecular complexity index is 1630. The number of fused-ring (bicyclic) bond motifs is 1. The molecule has 0 radical (unpaired) electrons. The fourth-order valence-electron chi connectivity index (χ4n) is 4.51. The van der Waals surface area contributed by atoms with Gasteiger partial charge in [0.15, 0.2) is 16.3 Å². The minimum atomic E-state index is -0.784. The summed E-state index contributed by atoms with van der Waals surface area (Å²) < 4.78 is 25.5. The molecule has 4 rings (SSSR count). The molecular weight excluding hydrogens is 652 g/mol. The number of hydrogen-bond acceptors (Lipinski definition) is 8. The fourth-order valence-corrected chi connectivity index (χ4v) is 6.53. The lowest BCUT2D eigenvalue weighted by Gasteiger charge is -2.27. The van der Waals surface area contributed by atoms with E-state index in [0.29, 0.717) is 54.3 Å². The molecule has 0 fully saturated rings. The van der Waals surface area contributed by atoms with Crippen LogP contribution in [-0.4, -0.2) is 38.5 Å². The van der Waals surface area contributed by atoms with E-state index in [2.05, 4.69) is 31.9 Å². The van der Waals surface area contributed by atoms with Crippen LogP contribution >= 0.6 is 43.2 Å². The van der Waals surface area contributed by atoms with Crippen molar-refractivity contribution in [2.24, 2.45) is 4.99 Å². The first-order chi connectivity index (χ1) is 18.8. The minimum absolute atomic E-state index is 0.197. The third-order valence-electron chi connectivity index (χ3n) is 6.13. The maximum absolute atomic E-state index is 14.0. The van der Waals surface area contributed by atoms with E-state index >= 15 is 0 Å². The molecule has 2 aromatic carbocycles. The zero-order valence-corrected chi connectivity index (χ0v) is 26.2. The van der Waals surface area contributed by atoms with Gasteiger partial charge in [0.1, 0.15) is 11.8 Å². The van der Waals surface area contributed by atoms with E-state index in [9.17, 15) is 9.59 Å². The molecule has 0 N–H and O–H groups in total. The second-order valence-electron chi connectivity index (χ2n) is 8.54. The second-order valence-corrected chi connectivity index (χ2v) is 11.3. The number of thiazole rings is 1. The highest BCUT2D eigenvalue weighted by molar-refractivity contribution is 9.10. The van der Waals surface area contributed by atoms with E-state index in [0.717, 1.165) is 16.5 Å². The molecule has 1 aliphatic heterocycles. The standard InChI is InChI=1S/C28H28Br2N2O6S/c1-6-8-19-23(27(34)38-7-2)24(17-14-16(29)9-10-20(17)35-3)32-26(33)22(39-28(32)31-19)13-15-11-18(30)25(37-5)21(12-15)36-4/h9-14,24H,6-8H2,1-5H3/b22-13+/t24-/m0/s1. The van der Waals surface area contributed by atoms with Crippen LogP contribution in [0.5, 0.6) is 17.2 Å². The van der Waals surface area contributed by atoms with Crippen LogP contribution in [0, 0.1) is 0 Å². The molecule has 1 aromatic heterocycles. The Labute approximate surface area is 246 Å². The lowest BCUT2D eigenvalue weighted by molar-refractivity contribution is -0.139. The topological polar surface area (TPSA) is 88.4 Å². The highest BCUT2D eigenvalue weighted by Crippen LogP contribution is 2.39. The van der Waals surface area contributed by atoms with Crippen molar-refractivity contribution in [3.8, 4) is 17.2 Å². The number of aromatic nitrogens is 1. The van der Waals surface area contributed by atoms with Gasteiger partial charge in [-0.05, 0) is 71.2 Å². The third-order valence-corrected chi connectivity index (χ3v) is 8.20. The first-order valence-corrected chi connectivity index (χ1v) is 14.6. The second kappa shape index (κ2) is 12.5. The molecule has 0 unspecified atom stereocenters. The Kier molecular flexibility index (Phi) is 9.35. The quantitative estimate of drug-likeness (QED) is 0.292. The SMILES string of the molecule is CCCC1=C(C(=O)OCC)[C@H](c2cc(Br)ccc2OC)n2c(s/c(=C/c3cc(Br)c(OC)c(OC)c3)c2=O)=N1. The number of esters is 1. The minimum Gasteiger partial charge on any atom is -0.496 e. The summed E-state index contributed by atoms with van der Waals surface area (Å²) in [6.45, 7) is 3.97. The van der Waals surface area contributed by atoms with Crippen molar-refractivity contribution in [1.82, 2.24) is 4.57 Å². The van der Waals surface area contributed by atoms with Crippen molar-refractivity contribution in [2.75, 3.05) is 27.9 Å². The molecule has 1 atom stereocenters.